The minimum atomic E-state index is -0.430. The van der Waals surface area contributed by atoms with Gasteiger partial charge < -0.3 is 4.57 Å². The SMILES string of the molecule is CCSCCC(C)n1c(CCCl)nc2cc(F)c(Cl)cc21. The van der Waals surface area contributed by atoms with Crippen molar-refractivity contribution in [1.29, 1.82) is 0 Å². The van der Waals surface area contributed by atoms with E-state index in [0.29, 0.717) is 17.8 Å². The minimum Gasteiger partial charge on any atom is -0.325 e. The number of alkyl halides is 1. The summed E-state index contributed by atoms with van der Waals surface area (Å²) in [6.45, 7) is 4.32. The van der Waals surface area contributed by atoms with Crippen molar-refractivity contribution in [1.82, 2.24) is 9.55 Å². The Kier molecular flexibility index (Phi) is 6.20. The Morgan fingerprint density at radius 1 is 1.43 bits per heavy atom. The Balaban J connectivity index is 2.42. The minimum absolute atomic E-state index is 0.135. The fourth-order valence-electron chi connectivity index (χ4n) is 2.42. The first kappa shape index (κ1) is 16.9. The number of rotatable bonds is 7. The molecule has 0 fully saturated rings. The molecule has 116 valence electrons. The lowest BCUT2D eigenvalue weighted by atomic mass is 10.2. The van der Waals surface area contributed by atoms with Crippen molar-refractivity contribution in [3.05, 3.63) is 28.8 Å². The number of aryl methyl sites for hydroxylation is 1. The van der Waals surface area contributed by atoms with Crippen LogP contribution >= 0.6 is 35.0 Å². The van der Waals surface area contributed by atoms with Crippen LogP contribution < -0.4 is 0 Å². The standard InChI is InChI=1S/C15H19Cl2FN2S/c1-3-21-7-5-10(2)20-14-8-11(17)12(18)9-13(14)19-15(20)4-6-16/h8-10H,3-7H2,1-2H3. The average Bonchev–Trinajstić information content (AvgIpc) is 2.77. The van der Waals surface area contributed by atoms with Gasteiger partial charge in [-0.1, -0.05) is 18.5 Å². The van der Waals surface area contributed by atoms with E-state index in [4.69, 9.17) is 23.2 Å². The molecule has 1 aromatic carbocycles. The molecular formula is C15H19Cl2FN2S. The summed E-state index contributed by atoms with van der Waals surface area (Å²) in [5.41, 5.74) is 1.53. The average molecular weight is 349 g/mol. The summed E-state index contributed by atoms with van der Waals surface area (Å²) < 4.78 is 15.8. The van der Waals surface area contributed by atoms with Crippen LogP contribution in [0, 0.1) is 5.82 Å². The van der Waals surface area contributed by atoms with Gasteiger partial charge in [-0.15, -0.1) is 11.6 Å². The third kappa shape index (κ3) is 3.85. The lowest BCUT2D eigenvalue weighted by molar-refractivity contribution is 0.528. The zero-order valence-corrected chi connectivity index (χ0v) is 14.5. The van der Waals surface area contributed by atoms with Crippen molar-refractivity contribution in [2.45, 2.75) is 32.7 Å². The van der Waals surface area contributed by atoms with Crippen molar-refractivity contribution in [2.24, 2.45) is 0 Å². The predicted molar refractivity (Wildman–Crippen MR) is 91.5 cm³/mol. The lowest BCUT2D eigenvalue weighted by Gasteiger charge is -2.17. The Morgan fingerprint density at radius 3 is 2.86 bits per heavy atom. The second-order valence-corrected chi connectivity index (χ2v) is 7.11. The summed E-state index contributed by atoms with van der Waals surface area (Å²) in [5.74, 6) is 3.17. The fraction of sp³-hybridized carbons (Fsp3) is 0.533. The number of aromatic nitrogens is 2. The highest BCUT2D eigenvalue weighted by molar-refractivity contribution is 7.99. The maximum atomic E-state index is 13.6. The molecule has 1 aromatic heterocycles. The summed E-state index contributed by atoms with van der Waals surface area (Å²) in [5, 5.41) is 0.135. The van der Waals surface area contributed by atoms with Gasteiger partial charge in [-0.2, -0.15) is 11.8 Å². The summed E-state index contributed by atoms with van der Waals surface area (Å²) in [6.07, 6.45) is 1.70. The second-order valence-electron chi connectivity index (χ2n) is 4.93. The molecule has 1 unspecified atom stereocenters. The highest BCUT2D eigenvalue weighted by Gasteiger charge is 2.17. The number of hydrogen-bond donors (Lipinski definition) is 0. The van der Waals surface area contributed by atoms with Crippen LogP contribution in [0.15, 0.2) is 12.1 Å². The number of imidazole rings is 1. The van der Waals surface area contributed by atoms with Gasteiger partial charge in [0.25, 0.3) is 0 Å². The van der Waals surface area contributed by atoms with Gasteiger partial charge in [-0.05, 0) is 30.9 Å². The Bertz CT molecular complexity index is 615. The van der Waals surface area contributed by atoms with Gasteiger partial charge in [0.1, 0.15) is 11.6 Å². The highest BCUT2D eigenvalue weighted by atomic mass is 35.5. The van der Waals surface area contributed by atoms with Gasteiger partial charge in [0, 0.05) is 24.4 Å². The summed E-state index contributed by atoms with van der Waals surface area (Å²) >= 11 is 13.7. The molecule has 0 aliphatic rings. The zero-order valence-electron chi connectivity index (χ0n) is 12.2. The van der Waals surface area contributed by atoms with E-state index < -0.39 is 5.82 Å². The molecule has 0 saturated heterocycles. The van der Waals surface area contributed by atoms with Gasteiger partial charge in [-0.3, -0.25) is 0 Å². The van der Waals surface area contributed by atoms with Crippen molar-refractivity contribution >= 4 is 46.0 Å². The van der Waals surface area contributed by atoms with Gasteiger partial charge >= 0.3 is 0 Å². The highest BCUT2D eigenvalue weighted by Crippen LogP contribution is 2.28. The van der Waals surface area contributed by atoms with Gasteiger partial charge in [0.05, 0.1) is 16.1 Å². The first-order valence-corrected chi connectivity index (χ1v) is 9.14. The molecular weight excluding hydrogens is 330 g/mol. The topological polar surface area (TPSA) is 17.8 Å². The van der Waals surface area contributed by atoms with Gasteiger partial charge in [-0.25, -0.2) is 9.37 Å². The number of halogens is 3. The molecule has 6 heteroatoms. The van der Waals surface area contributed by atoms with E-state index in [1.54, 1.807) is 6.07 Å². The van der Waals surface area contributed by atoms with Crippen molar-refractivity contribution in [2.75, 3.05) is 17.4 Å². The third-order valence-electron chi connectivity index (χ3n) is 3.45. The Hall–Kier alpha value is -0.450. The van der Waals surface area contributed by atoms with Crippen LogP contribution in [0.3, 0.4) is 0 Å². The van der Waals surface area contributed by atoms with E-state index in [1.165, 1.54) is 6.07 Å². The van der Waals surface area contributed by atoms with E-state index in [1.807, 2.05) is 11.8 Å². The Morgan fingerprint density at radius 2 is 2.19 bits per heavy atom. The largest absolute Gasteiger partial charge is 0.325 e. The van der Waals surface area contributed by atoms with E-state index in [2.05, 4.69) is 23.4 Å². The number of hydrogen-bond acceptors (Lipinski definition) is 2. The normalized spacial score (nSPS) is 13.0. The monoisotopic (exact) mass is 348 g/mol. The van der Waals surface area contributed by atoms with Crippen molar-refractivity contribution in [3.8, 4) is 0 Å². The third-order valence-corrected chi connectivity index (χ3v) is 4.86. The molecule has 0 radical (unpaired) electrons. The molecule has 0 aliphatic carbocycles. The van der Waals surface area contributed by atoms with Crippen LogP contribution in [-0.4, -0.2) is 26.9 Å². The molecule has 0 saturated carbocycles. The molecule has 0 aliphatic heterocycles. The quantitative estimate of drug-likeness (QED) is 0.498. The molecule has 2 rings (SSSR count). The van der Waals surface area contributed by atoms with Crippen LogP contribution in [0.2, 0.25) is 5.02 Å². The summed E-state index contributed by atoms with van der Waals surface area (Å²) in [6, 6.07) is 3.36. The van der Waals surface area contributed by atoms with Gasteiger partial charge in [0.15, 0.2) is 0 Å². The number of nitrogens with zero attached hydrogens (tertiary/aromatic N) is 2. The summed E-state index contributed by atoms with van der Waals surface area (Å²) in [7, 11) is 0. The molecule has 1 heterocycles. The lowest BCUT2D eigenvalue weighted by Crippen LogP contribution is -2.11. The number of benzene rings is 1. The maximum Gasteiger partial charge on any atom is 0.144 e. The van der Waals surface area contributed by atoms with Crippen LogP contribution in [0.1, 0.15) is 32.1 Å². The second kappa shape index (κ2) is 7.70. The van der Waals surface area contributed by atoms with Crippen LogP contribution in [0.5, 0.6) is 0 Å². The molecule has 2 nitrogen and oxygen atoms in total. The molecule has 0 N–H and O–H groups in total. The zero-order chi connectivity index (χ0) is 15.4. The first-order chi connectivity index (χ1) is 10.1. The van der Waals surface area contributed by atoms with Crippen LogP contribution in [-0.2, 0) is 6.42 Å². The van der Waals surface area contributed by atoms with E-state index >= 15 is 0 Å². The molecule has 0 amide bonds. The summed E-state index contributed by atoms with van der Waals surface area (Å²) in [4.78, 5) is 4.53. The van der Waals surface area contributed by atoms with Crippen LogP contribution in [0.25, 0.3) is 11.0 Å². The van der Waals surface area contributed by atoms with E-state index in [9.17, 15) is 4.39 Å². The smallest absolute Gasteiger partial charge is 0.144 e. The molecule has 0 spiro atoms. The maximum absolute atomic E-state index is 13.6. The first-order valence-electron chi connectivity index (χ1n) is 7.08. The Labute approximate surface area is 139 Å². The molecule has 2 aromatic rings. The number of fused-ring (bicyclic) bond motifs is 1. The predicted octanol–water partition coefficient (Wildman–Crippen LogP) is 5.31. The number of thioether (sulfide) groups is 1. The molecule has 0 bridgehead atoms. The van der Waals surface area contributed by atoms with E-state index in [-0.39, 0.29) is 11.1 Å². The fourth-order valence-corrected chi connectivity index (χ4v) is 3.54. The molecule has 21 heavy (non-hydrogen) atoms. The molecule has 1 atom stereocenters. The van der Waals surface area contributed by atoms with Crippen LogP contribution in [0.4, 0.5) is 4.39 Å². The van der Waals surface area contributed by atoms with Gasteiger partial charge in [0.2, 0.25) is 0 Å². The van der Waals surface area contributed by atoms with Crippen molar-refractivity contribution in [3.63, 3.8) is 0 Å². The van der Waals surface area contributed by atoms with E-state index in [0.717, 1.165) is 29.3 Å². The van der Waals surface area contributed by atoms with Crippen molar-refractivity contribution < 1.29 is 4.39 Å².